The van der Waals surface area contributed by atoms with E-state index in [0.29, 0.717) is 10.9 Å². The lowest BCUT2D eigenvalue weighted by Gasteiger charge is -2.22. The molecule has 0 aliphatic carbocycles. The van der Waals surface area contributed by atoms with Crippen LogP contribution in [0.25, 0.3) is 5.69 Å². The van der Waals surface area contributed by atoms with E-state index in [1.165, 1.54) is 22.9 Å². The zero-order chi connectivity index (χ0) is 19.0. The van der Waals surface area contributed by atoms with Crippen LogP contribution in [-0.2, 0) is 11.2 Å². The van der Waals surface area contributed by atoms with Gasteiger partial charge in [0.05, 0.1) is 11.4 Å². The van der Waals surface area contributed by atoms with Gasteiger partial charge in [0.2, 0.25) is 11.1 Å². The van der Waals surface area contributed by atoms with E-state index in [9.17, 15) is 4.79 Å². The van der Waals surface area contributed by atoms with Crippen molar-refractivity contribution in [2.24, 2.45) is 0 Å². The average Bonchev–Trinajstić information content (AvgIpc) is 3.23. The van der Waals surface area contributed by atoms with Crippen LogP contribution in [0.2, 0.25) is 0 Å². The minimum absolute atomic E-state index is 0.0765. The van der Waals surface area contributed by atoms with Crippen LogP contribution in [0.5, 0.6) is 0 Å². The maximum atomic E-state index is 12.9. The van der Waals surface area contributed by atoms with Gasteiger partial charge in [0.15, 0.2) is 0 Å². The fourth-order valence-corrected chi connectivity index (χ4v) is 4.35. The molecule has 1 atom stereocenters. The standard InChI is InChI=1S/C20H21N5OS/c1-13-8-9-17(14(2)10-13)25-20(21-22-23-25)27-12-19(26)24-15(3)11-16-6-4-5-7-18(16)24/h4-10,15H,11-12H2,1-3H3. The molecule has 0 N–H and O–H groups in total. The monoisotopic (exact) mass is 379 g/mol. The molecule has 138 valence electrons. The van der Waals surface area contributed by atoms with Crippen LogP contribution < -0.4 is 4.90 Å². The summed E-state index contributed by atoms with van der Waals surface area (Å²) in [5, 5.41) is 12.7. The molecule has 2 aromatic carbocycles. The Morgan fingerprint density at radius 3 is 2.81 bits per heavy atom. The van der Waals surface area contributed by atoms with Gasteiger partial charge in [-0.1, -0.05) is 47.7 Å². The number of aryl methyl sites for hydroxylation is 2. The third-order valence-corrected chi connectivity index (χ3v) is 5.73. The Balaban J connectivity index is 1.52. The molecule has 0 bridgehead atoms. The van der Waals surface area contributed by atoms with Crippen LogP contribution in [0, 0.1) is 13.8 Å². The van der Waals surface area contributed by atoms with Crippen LogP contribution in [0.15, 0.2) is 47.6 Å². The second-order valence-electron chi connectivity index (χ2n) is 6.90. The smallest absolute Gasteiger partial charge is 0.237 e. The molecule has 3 aromatic rings. The molecule has 0 radical (unpaired) electrons. The van der Waals surface area contributed by atoms with Gasteiger partial charge < -0.3 is 4.90 Å². The minimum atomic E-state index is 0.0765. The van der Waals surface area contributed by atoms with Crippen molar-refractivity contribution in [3.05, 3.63) is 59.2 Å². The number of fused-ring (bicyclic) bond motifs is 1. The van der Waals surface area contributed by atoms with E-state index in [1.807, 2.05) is 42.2 Å². The van der Waals surface area contributed by atoms with Crippen molar-refractivity contribution in [3.8, 4) is 5.69 Å². The lowest BCUT2D eigenvalue weighted by Crippen LogP contribution is -2.37. The number of thioether (sulfide) groups is 1. The van der Waals surface area contributed by atoms with Crippen LogP contribution in [0.4, 0.5) is 5.69 Å². The van der Waals surface area contributed by atoms with E-state index >= 15 is 0 Å². The number of amides is 1. The van der Waals surface area contributed by atoms with Crippen molar-refractivity contribution in [2.75, 3.05) is 10.7 Å². The van der Waals surface area contributed by atoms with Crippen molar-refractivity contribution in [1.82, 2.24) is 20.2 Å². The molecule has 0 saturated heterocycles. The number of anilines is 1. The maximum absolute atomic E-state index is 12.9. The lowest BCUT2D eigenvalue weighted by molar-refractivity contribution is -0.116. The highest BCUT2D eigenvalue weighted by Gasteiger charge is 2.30. The number of para-hydroxylation sites is 1. The Morgan fingerprint density at radius 1 is 1.19 bits per heavy atom. The molecular formula is C20H21N5OS. The number of nitrogens with zero attached hydrogens (tertiary/aromatic N) is 5. The number of aromatic nitrogens is 4. The summed E-state index contributed by atoms with van der Waals surface area (Å²) in [5.74, 6) is 0.372. The maximum Gasteiger partial charge on any atom is 0.237 e. The van der Waals surface area contributed by atoms with Crippen LogP contribution in [0.1, 0.15) is 23.6 Å². The fourth-order valence-electron chi connectivity index (χ4n) is 3.60. The SMILES string of the molecule is Cc1ccc(-n2nnnc2SCC(=O)N2c3ccccc3CC2C)c(C)c1. The topological polar surface area (TPSA) is 63.9 Å². The van der Waals surface area contributed by atoms with E-state index < -0.39 is 0 Å². The van der Waals surface area contributed by atoms with E-state index in [2.05, 4.69) is 41.5 Å². The molecule has 2 heterocycles. The zero-order valence-corrected chi connectivity index (χ0v) is 16.4. The highest BCUT2D eigenvalue weighted by Crippen LogP contribution is 2.32. The molecular weight excluding hydrogens is 358 g/mol. The molecule has 0 spiro atoms. The molecule has 7 heteroatoms. The lowest BCUT2D eigenvalue weighted by atomic mass is 10.1. The predicted molar refractivity (Wildman–Crippen MR) is 106 cm³/mol. The average molecular weight is 379 g/mol. The second-order valence-corrected chi connectivity index (χ2v) is 7.84. The number of carbonyl (C=O) groups is 1. The van der Waals surface area contributed by atoms with Gasteiger partial charge in [0.1, 0.15) is 0 Å². The normalized spacial score (nSPS) is 15.8. The van der Waals surface area contributed by atoms with Crippen molar-refractivity contribution in [2.45, 2.75) is 38.4 Å². The van der Waals surface area contributed by atoms with Gasteiger partial charge >= 0.3 is 0 Å². The summed E-state index contributed by atoms with van der Waals surface area (Å²) in [4.78, 5) is 14.8. The second kappa shape index (κ2) is 7.15. The molecule has 1 aromatic heterocycles. The molecule has 1 aliphatic rings. The van der Waals surface area contributed by atoms with Crippen LogP contribution in [0.3, 0.4) is 0 Å². The van der Waals surface area contributed by atoms with Crippen molar-refractivity contribution < 1.29 is 4.79 Å². The van der Waals surface area contributed by atoms with Crippen LogP contribution >= 0.6 is 11.8 Å². The number of rotatable bonds is 4. The Bertz CT molecular complexity index is 1000. The van der Waals surface area contributed by atoms with Crippen molar-refractivity contribution in [1.29, 1.82) is 0 Å². The molecule has 4 rings (SSSR count). The Morgan fingerprint density at radius 2 is 2.00 bits per heavy atom. The van der Waals surface area contributed by atoms with Gasteiger partial charge in [-0.05, 0) is 60.9 Å². The first-order chi connectivity index (χ1) is 13.0. The highest BCUT2D eigenvalue weighted by molar-refractivity contribution is 7.99. The predicted octanol–water partition coefficient (Wildman–Crippen LogP) is 3.35. The van der Waals surface area contributed by atoms with Gasteiger partial charge in [-0.2, -0.15) is 4.68 Å². The van der Waals surface area contributed by atoms with E-state index in [0.717, 1.165) is 23.4 Å². The van der Waals surface area contributed by atoms with Gasteiger partial charge in [-0.25, -0.2) is 0 Å². The molecule has 0 fully saturated rings. The molecule has 6 nitrogen and oxygen atoms in total. The Labute approximate surface area is 162 Å². The first-order valence-electron chi connectivity index (χ1n) is 8.93. The quantitative estimate of drug-likeness (QED) is 0.651. The molecule has 1 amide bonds. The highest BCUT2D eigenvalue weighted by atomic mass is 32.2. The van der Waals surface area contributed by atoms with Gasteiger partial charge in [-0.15, -0.1) is 5.10 Å². The van der Waals surface area contributed by atoms with Crippen molar-refractivity contribution >= 4 is 23.4 Å². The summed E-state index contributed by atoms with van der Waals surface area (Å²) in [7, 11) is 0. The third kappa shape index (κ3) is 3.35. The van der Waals surface area contributed by atoms with Crippen molar-refractivity contribution in [3.63, 3.8) is 0 Å². The molecule has 0 saturated carbocycles. The number of hydrogen-bond acceptors (Lipinski definition) is 5. The summed E-state index contributed by atoms with van der Waals surface area (Å²) in [6, 6.07) is 14.4. The van der Waals surface area contributed by atoms with E-state index in [1.54, 1.807) is 4.68 Å². The summed E-state index contributed by atoms with van der Waals surface area (Å²) >= 11 is 1.37. The summed E-state index contributed by atoms with van der Waals surface area (Å²) < 4.78 is 1.70. The van der Waals surface area contributed by atoms with Gasteiger partial charge in [0.25, 0.3) is 0 Å². The number of carbonyl (C=O) groups excluding carboxylic acids is 1. The Hall–Kier alpha value is -2.67. The summed E-state index contributed by atoms with van der Waals surface area (Å²) in [5.41, 5.74) is 5.46. The third-order valence-electron chi connectivity index (χ3n) is 4.82. The molecule has 1 aliphatic heterocycles. The minimum Gasteiger partial charge on any atom is -0.308 e. The van der Waals surface area contributed by atoms with Crippen LogP contribution in [-0.4, -0.2) is 37.9 Å². The zero-order valence-electron chi connectivity index (χ0n) is 15.6. The number of benzene rings is 2. The van der Waals surface area contributed by atoms with Gasteiger partial charge in [0, 0.05) is 11.7 Å². The Kier molecular flexibility index (Phi) is 4.70. The largest absolute Gasteiger partial charge is 0.308 e. The summed E-state index contributed by atoms with van der Waals surface area (Å²) in [6.07, 6.45) is 0.896. The molecule has 1 unspecified atom stereocenters. The van der Waals surface area contributed by atoms with Gasteiger partial charge in [-0.3, -0.25) is 4.79 Å². The first-order valence-corrected chi connectivity index (χ1v) is 9.92. The number of hydrogen-bond donors (Lipinski definition) is 0. The summed E-state index contributed by atoms with van der Waals surface area (Å²) in [6.45, 7) is 6.18. The fraction of sp³-hybridized carbons (Fsp3) is 0.300. The first kappa shape index (κ1) is 17.7. The molecule has 27 heavy (non-hydrogen) atoms. The van der Waals surface area contributed by atoms with E-state index in [4.69, 9.17) is 0 Å². The van der Waals surface area contributed by atoms with E-state index in [-0.39, 0.29) is 11.9 Å². The number of tetrazole rings is 1.